The van der Waals surface area contributed by atoms with Crippen molar-refractivity contribution in [3.63, 3.8) is 0 Å². The number of amides is 1. The molecular weight excluding hydrogens is 394 g/mol. The van der Waals surface area contributed by atoms with Crippen LogP contribution in [0.2, 0.25) is 0 Å². The van der Waals surface area contributed by atoms with Gasteiger partial charge in [0, 0.05) is 5.56 Å². The third kappa shape index (κ3) is 5.96. The lowest BCUT2D eigenvalue weighted by Gasteiger charge is -2.12. The molecule has 31 heavy (non-hydrogen) atoms. The summed E-state index contributed by atoms with van der Waals surface area (Å²) in [6, 6.07) is 21.4. The molecule has 0 aliphatic carbocycles. The lowest BCUT2D eigenvalue weighted by molar-refractivity contribution is -0.132. The highest BCUT2D eigenvalue weighted by molar-refractivity contribution is 6.02. The molecule has 3 aromatic carbocycles. The molecule has 6 nitrogen and oxygen atoms in total. The van der Waals surface area contributed by atoms with Crippen LogP contribution in [0.1, 0.15) is 27.0 Å². The van der Waals surface area contributed by atoms with E-state index in [0.717, 1.165) is 11.1 Å². The van der Waals surface area contributed by atoms with Crippen molar-refractivity contribution >= 4 is 18.0 Å². The number of aryl methyl sites for hydroxylation is 1. The predicted octanol–water partition coefficient (Wildman–Crippen LogP) is 4.44. The van der Waals surface area contributed by atoms with Gasteiger partial charge in [-0.05, 0) is 48.4 Å². The Kier molecular flexibility index (Phi) is 7.06. The number of benzene rings is 3. The standard InChI is InChI=1S/C25H23NO5/c1-17-7-6-8-19(13-17)16-31-23-15-18(11-12-22(23)30-2)14-21(25(28)29)26-24(27)20-9-4-3-5-10-20/h3-15H,16H2,1-2H3,(H,26,27)(H,28,29). The normalized spacial score (nSPS) is 11.0. The third-order valence-electron chi connectivity index (χ3n) is 4.49. The lowest BCUT2D eigenvalue weighted by atomic mass is 10.1. The minimum Gasteiger partial charge on any atom is -0.493 e. The maximum Gasteiger partial charge on any atom is 0.352 e. The quantitative estimate of drug-likeness (QED) is 0.530. The molecule has 3 rings (SSSR count). The van der Waals surface area contributed by atoms with Crippen LogP contribution in [0.15, 0.2) is 78.5 Å². The molecule has 0 aromatic heterocycles. The van der Waals surface area contributed by atoms with Gasteiger partial charge in [-0.1, -0.05) is 54.1 Å². The van der Waals surface area contributed by atoms with Crippen molar-refractivity contribution in [2.75, 3.05) is 7.11 Å². The molecule has 0 unspecified atom stereocenters. The van der Waals surface area contributed by atoms with Crippen molar-refractivity contribution in [2.45, 2.75) is 13.5 Å². The molecule has 0 bridgehead atoms. The van der Waals surface area contributed by atoms with Gasteiger partial charge in [0.25, 0.3) is 5.91 Å². The maximum atomic E-state index is 12.3. The summed E-state index contributed by atoms with van der Waals surface area (Å²) < 4.78 is 11.3. The van der Waals surface area contributed by atoms with Crippen molar-refractivity contribution in [1.82, 2.24) is 5.32 Å². The summed E-state index contributed by atoms with van der Waals surface area (Å²) >= 11 is 0. The summed E-state index contributed by atoms with van der Waals surface area (Å²) in [5.74, 6) is -0.757. The van der Waals surface area contributed by atoms with E-state index in [1.54, 1.807) is 48.5 Å². The number of nitrogens with one attached hydrogen (secondary N) is 1. The summed E-state index contributed by atoms with van der Waals surface area (Å²) in [7, 11) is 1.53. The summed E-state index contributed by atoms with van der Waals surface area (Å²) in [6.07, 6.45) is 1.38. The van der Waals surface area contributed by atoms with Crippen molar-refractivity contribution in [3.05, 3.63) is 101 Å². The Morgan fingerprint density at radius 2 is 1.74 bits per heavy atom. The van der Waals surface area contributed by atoms with Gasteiger partial charge in [-0.15, -0.1) is 0 Å². The number of methoxy groups -OCH3 is 1. The lowest BCUT2D eigenvalue weighted by Crippen LogP contribution is -2.27. The number of carbonyl (C=O) groups excluding carboxylic acids is 1. The van der Waals surface area contributed by atoms with Gasteiger partial charge in [-0.25, -0.2) is 4.79 Å². The highest BCUT2D eigenvalue weighted by Gasteiger charge is 2.14. The predicted molar refractivity (Wildman–Crippen MR) is 118 cm³/mol. The fraction of sp³-hybridized carbons (Fsp3) is 0.120. The summed E-state index contributed by atoms with van der Waals surface area (Å²) in [6.45, 7) is 2.34. The van der Waals surface area contributed by atoms with Gasteiger partial charge < -0.3 is 19.9 Å². The Labute approximate surface area is 180 Å². The number of aliphatic carboxylic acids is 1. The van der Waals surface area contributed by atoms with Crippen molar-refractivity contribution in [2.24, 2.45) is 0 Å². The minimum atomic E-state index is -1.25. The van der Waals surface area contributed by atoms with Crippen LogP contribution in [0.4, 0.5) is 0 Å². The molecule has 3 aromatic rings. The summed E-state index contributed by atoms with van der Waals surface area (Å²) in [5.41, 5.74) is 2.80. The molecule has 2 N–H and O–H groups in total. The zero-order valence-corrected chi connectivity index (χ0v) is 17.3. The second-order valence-electron chi connectivity index (χ2n) is 6.87. The first-order valence-electron chi connectivity index (χ1n) is 9.64. The average Bonchev–Trinajstić information content (AvgIpc) is 2.78. The largest absolute Gasteiger partial charge is 0.493 e. The van der Waals surface area contributed by atoms with Crippen LogP contribution in [-0.2, 0) is 11.4 Å². The fourth-order valence-electron chi connectivity index (χ4n) is 2.96. The van der Waals surface area contributed by atoms with Gasteiger partial charge in [0.15, 0.2) is 11.5 Å². The van der Waals surface area contributed by atoms with Crippen LogP contribution < -0.4 is 14.8 Å². The van der Waals surface area contributed by atoms with Gasteiger partial charge in [-0.3, -0.25) is 4.79 Å². The molecule has 0 aliphatic rings. The Hall–Kier alpha value is -4.06. The molecule has 0 heterocycles. The zero-order valence-electron chi connectivity index (χ0n) is 17.3. The Balaban J connectivity index is 1.82. The van der Waals surface area contributed by atoms with Crippen LogP contribution in [0.3, 0.4) is 0 Å². The van der Waals surface area contributed by atoms with Crippen LogP contribution in [-0.4, -0.2) is 24.1 Å². The van der Waals surface area contributed by atoms with Gasteiger partial charge in [0.2, 0.25) is 0 Å². The molecule has 0 saturated heterocycles. The first-order valence-corrected chi connectivity index (χ1v) is 9.64. The van der Waals surface area contributed by atoms with Crippen molar-refractivity contribution in [3.8, 4) is 11.5 Å². The van der Waals surface area contributed by atoms with Crippen LogP contribution in [0.5, 0.6) is 11.5 Å². The van der Waals surface area contributed by atoms with Crippen LogP contribution >= 0.6 is 0 Å². The monoisotopic (exact) mass is 417 g/mol. The van der Waals surface area contributed by atoms with E-state index in [-0.39, 0.29) is 5.70 Å². The van der Waals surface area contributed by atoms with E-state index in [2.05, 4.69) is 5.32 Å². The van der Waals surface area contributed by atoms with Crippen LogP contribution in [0.25, 0.3) is 6.08 Å². The number of carbonyl (C=O) groups is 2. The number of hydrogen-bond donors (Lipinski definition) is 2. The molecule has 0 atom stereocenters. The van der Waals surface area contributed by atoms with E-state index in [0.29, 0.717) is 29.2 Å². The van der Waals surface area contributed by atoms with E-state index in [1.165, 1.54) is 13.2 Å². The van der Waals surface area contributed by atoms with Crippen LogP contribution in [0, 0.1) is 6.92 Å². The summed E-state index contributed by atoms with van der Waals surface area (Å²) in [5, 5.41) is 12.0. The van der Waals surface area contributed by atoms with Crippen molar-refractivity contribution < 1.29 is 24.2 Å². The van der Waals surface area contributed by atoms with Gasteiger partial charge in [0.1, 0.15) is 12.3 Å². The number of carboxylic acids is 1. The molecule has 0 radical (unpaired) electrons. The van der Waals surface area contributed by atoms with E-state index in [1.807, 2.05) is 31.2 Å². The Bertz CT molecular complexity index is 1110. The number of hydrogen-bond acceptors (Lipinski definition) is 4. The minimum absolute atomic E-state index is 0.247. The molecule has 0 saturated carbocycles. The second-order valence-corrected chi connectivity index (χ2v) is 6.87. The maximum absolute atomic E-state index is 12.3. The smallest absolute Gasteiger partial charge is 0.352 e. The topological polar surface area (TPSA) is 84.9 Å². The van der Waals surface area contributed by atoms with E-state index in [9.17, 15) is 14.7 Å². The van der Waals surface area contributed by atoms with E-state index < -0.39 is 11.9 Å². The highest BCUT2D eigenvalue weighted by Crippen LogP contribution is 2.29. The second kappa shape index (κ2) is 10.1. The van der Waals surface area contributed by atoms with E-state index >= 15 is 0 Å². The molecule has 158 valence electrons. The Morgan fingerprint density at radius 1 is 0.968 bits per heavy atom. The number of ether oxygens (including phenoxy) is 2. The van der Waals surface area contributed by atoms with E-state index in [4.69, 9.17) is 9.47 Å². The molecule has 0 fully saturated rings. The molecule has 0 spiro atoms. The zero-order chi connectivity index (χ0) is 22.2. The molecule has 0 aliphatic heterocycles. The first-order chi connectivity index (χ1) is 15.0. The Morgan fingerprint density at radius 3 is 2.42 bits per heavy atom. The fourth-order valence-corrected chi connectivity index (χ4v) is 2.96. The third-order valence-corrected chi connectivity index (χ3v) is 4.49. The average molecular weight is 417 g/mol. The SMILES string of the molecule is COc1ccc(C=C(NC(=O)c2ccccc2)C(=O)O)cc1OCc1cccc(C)c1. The highest BCUT2D eigenvalue weighted by atomic mass is 16.5. The molecule has 6 heteroatoms. The number of rotatable bonds is 8. The van der Waals surface area contributed by atoms with Crippen molar-refractivity contribution in [1.29, 1.82) is 0 Å². The van der Waals surface area contributed by atoms with Gasteiger partial charge in [0.05, 0.1) is 7.11 Å². The molecule has 1 amide bonds. The van der Waals surface area contributed by atoms with Gasteiger partial charge in [-0.2, -0.15) is 0 Å². The van der Waals surface area contributed by atoms with Gasteiger partial charge >= 0.3 is 5.97 Å². The number of carboxylic acid groups (broad SMARTS) is 1. The molecular formula is C25H23NO5. The summed E-state index contributed by atoms with van der Waals surface area (Å²) in [4.78, 5) is 24.0. The first kappa shape index (κ1) is 21.6.